The predicted octanol–water partition coefficient (Wildman–Crippen LogP) is 3.39. The number of halogens is 2. The standard InChI is InChI=1S/C19H13F2N5O3/c20-12-6-10-11(7-13(12)21)17(27)25-24-16(10)8-1-4-14-15(5-8)23-18(22-14)26(19(28)29)9-2-3-9/h1,4-7,9H,2-3H2,(H,22,23)(H,25,27)(H,28,29). The van der Waals surface area contributed by atoms with E-state index in [0.29, 0.717) is 16.6 Å². The van der Waals surface area contributed by atoms with Crippen LogP contribution in [0.2, 0.25) is 0 Å². The number of hydrogen-bond acceptors (Lipinski definition) is 4. The normalized spacial score (nSPS) is 13.9. The summed E-state index contributed by atoms with van der Waals surface area (Å²) in [4.78, 5) is 32.0. The summed E-state index contributed by atoms with van der Waals surface area (Å²) < 4.78 is 27.4. The molecule has 10 heteroatoms. The van der Waals surface area contributed by atoms with Crippen LogP contribution in [0.15, 0.2) is 35.1 Å². The first kappa shape index (κ1) is 17.3. The number of nitrogens with one attached hydrogen (secondary N) is 2. The van der Waals surface area contributed by atoms with E-state index < -0.39 is 23.3 Å². The van der Waals surface area contributed by atoms with E-state index in [4.69, 9.17) is 0 Å². The number of aromatic amines is 2. The fourth-order valence-corrected chi connectivity index (χ4v) is 3.39. The summed E-state index contributed by atoms with van der Waals surface area (Å²) in [7, 11) is 0. The first-order valence-electron chi connectivity index (χ1n) is 8.82. The summed E-state index contributed by atoms with van der Waals surface area (Å²) in [5.74, 6) is -1.99. The first-order chi connectivity index (χ1) is 13.9. The SMILES string of the molecule is O=C(O)N(c1nc2ccc(-c3n[nH]c(=O)c4cc(F)c(F)cc34)cc2[nH]1)C1CC1. The minimum atomic E-state index is -1.12. The van der Waals surface area contributed by atoms with Gasteiger partial charge in [-0.1, -0.05) is 6.07 Å². The van der Waals surface area contributed by atoms with E-state index in [2.05, 4.69) is 20.2 Å². The zero-order chi connectivity index (χ0) is 20.3. The van der Waals surface area contributed by atoms with Gasteiger partial charge in [0.2, 0.25) is 5.95 Å². The number of nitrogens with zero attached hydrogens (tertiary/aromatic N) is 3. The molecule has 2 aromatic carbocycles. The fraction of sp³-hybridized carbons (Fsp3) is 0.158. The van der Waals surface area contributed by atoms with Gasteiger partial charge in [0, 0.05) is 17.0 Å². The van der Waals surface area contributed by atoms with Crippen molar-refractivity contribution in [1.29, 1.82) is 0 Å². The van der Waals surface area contributed by atoms with Gasteiger partial charge in [-0.15, -0.1) is 0 Å². The van der Waals surface area contributed by atoms with Crippen LogP contribution in [-0.4, -0.2) is 37.4 Å². The van der Waals surface area contributed by atoms with Crippen LogP contribution in [0.5, 0.6) is 0 Å². The molecule has 0 bridgehead atoms. The topological polar surface area (TPSA) is 115 Å². The molecule has 3 N–H and O–H groups in total. The maximum Gasteiger partial charge on any atom is 0.414 e. The molecular weight excluding hydrogens is 384 g/mol. The summed E-state index contributed by atoms with van der Waals surface area (Å²) in [6.07, 6.45) is 0.478. The molecule has 1 fully saturated rings. The molecule has 0 atom stereocenters. The molecule has 2 aromatic heterocycles. The second-order valence-corrected chi connectivity index (χ2v) is 6.89. The Hall–Kier alpha value is -3.82. The van der Waals surface area contributed by atoms with Gasteiger partial charge in [-0.2, -0.15) is 5.10 Å². The van der Waals surface area contributed by atoms with Crippen LogP contribution in [0, 0.1) is 11.6 Å². The number of hydrogen-bond donors (Lipinski definition) is 3. The Labute approximate surface area is 160 Å². The summed E-state index contributed by atoms with van der Waals surface area (Å²) in [5, 5.41) is 15.9. The molecule has 2 heterocycles. The van der Waals surface area contributed by atoms with Crippen LogP contribution in [0.4, 0.5) is 19.5 Å². The molecule has 1 aliphatic carbocycles. The van der Waals surface area contributed by atoms with Crippen LogP contribution in [0.3, 0.4) is 0 Å². The zero-order valence-corrected chi connectivity index (χ0v) is 14.7. The molecule has 1 amide bonds. The Morgan fingerprint density at radius 3 is 2.55 bits per heavy atom. The van der Waals surface area contributed by atoms with Gasteiger partial charge in [-0.25, -0.2) is 28.6 Å². The second-order valence-electron chi connectivity index (χ2n) is 6.89. The molecule has 0 radical (unpaired) electrons. The van der Waals surface area contributed by atoms with Crippen molar-refractivity contribution in [2.75, 3.05) is 4.90 Å². The van der Waals surface area contributed by atoms with E-state index in [0.717, 1.165) is 25.0 Å². The van der Waals surface area contributed by atoms with Crippen molar-refractivity contribution >= 4 is 33.8 Å². The van der Waals surface area contributed by atoms with Gasteiger partial charge in [-0.05, 0) is 37.1 Å². The number of amides is 1. The lowest BCUT2D eigenvalue weighted by Crippen LogP contribution is -2.32. The van der Waals surface area contributed by atoms with E-state index in [9.17, 15) is 23.5 Å². The summed E-state index contributed by atoms with van der Waals surface area (Å²) in [6.45, 7) is 0. The first-order valence-corrected chi connectivity index (χ1v) is 8.82. The van der Waals surface area contributed by atoms with Crippen LogP contribution in [0.1, 0.15) is 12.8 Å². The molecule has 1 aliphatic rings. The smallest absolute Gasteiger partial charge is 0.414 e. The molecule has 29 heavy (non-hydrogen) atoms. The lowest BCUT2D eigenvalue weighted by molar-refractivity contribution is 0.201. The van der Waals surface area contributed by atoms with Crippen LogP contribution in [0.25, 0.3) is 33.1 Å². The van der Waals surface area contributed by atoms with E-state index in [1.165, 1.54) is 4.90 Å². The summed E-state index contributed by atoms with van der Waals surface area (Å²) in [5.41, 5.74) is 1.24. The zero-order valence-electron chi connectivity index (χ0n) is 14.7. The van der Waals surface area contributed by atoms with Gasteiger partial charge >= 0.3 is 6.09 Å². The molecule has 0 aliphatic heterocycles. The van der Waals surface area contributed by atoms with E-state index in [1.54, 1.807) is 18.2 Å². The number of fused-ring (bicyclic) bond motifs is 2. The third kappa shape index (κ3) is 2.80. The minimum Gasteiger partial charge on any atom is -0.465 e. The van der Waals surface area contributed by atoms with E-state index in [-0.39, 0.29) is 28.5 Å². The van der Waals surface area contributed by atoms with E-state index >= 15 is 0 Å². The van der Waals surface area contributed by atoms with E-state index in [1.807, 2.05) is 0 Å². The number of imidazole rings is 1. The largest absolute Gasteiger partial charge is 0.465 e. The molecule has 5 rings (SSSR count). The molecule has 1 saturated carbocycles. The van der Waals surface area contributed by atoms with Gasteiger partial charge < -0.3 is 10.1 Å². The van der Waals surface area contributed by atoms with Crippen molar-refractivity contribution in [2.45, 2.75) is 18.9 Å². The highest BCUT2D eigenvalue weighted by Gasteiger charge is 2.35. The molecule has 146 valence electrons. The van der Waals surface area contributed by atoms with Gasteiger partial charge in [-0.3, -0.25) is 4.79 Å². The third-order valence-corrected chi connectivity index (χ3v) is 4.92. The molecular formula is C19H13F2N5O3. The number of H-pyrrole nitrogens is 2. The second kappa shape index (κ2) is 6.09. The lowest BCUT2D eigenvalue weighted by atomic mass is 10.0. The van der Waals surface area contributed by atoms with Crippen LogP contribution in [-0.2, 0) is 0 Å². The highest BCUT2D eigenvalue weighted by atomic mass is 19.2. The average molecular weight is 397 g/mol. The monoisotopic (exact) mass is 397 g/mol. The Balaban J connectivity index is 1.66. The molecule has 0 saturated heterocycles. The number of carboxylic acid groups (broad SMARTS) is 1. The van der Waals surface area contributed by atoms with Crippen molar-refractivity contribution in [3.8, 4) is 11.3 Å². The third-order valence-electron chi connectivity index (χ3n) is 4.92. The highest BCUT2D eigenvalue weighted by molar-refractivity contribution is 5.96. The number of carbonyl (C=O) groups is 1. The number of rotatable bonds is 3. The van der Waals surface area contributed by atoms with Crippen molar-refractivity contribution in [1.82, 2.24) is 20.2 Å². The molecule has 0 spiro atoms. The molecule has 0 unspecified atom stereocenters. The van der Waals surface area contributed by atoms with Gasteiger partial charge in [0.05, 0.1) is 22.1 Å². The van der Waals surface area contributed by atoms with Crippen molar-refractivity contribution in [2.24, 2.45) is 0 Å². The number of anilines is 1. The van der Waals surface area contributed by atoms with Crippen molar-refractivity contribution < 1.29 is 18.7 Å². The lowest BCUT2D eigenvalue weighted by Gasteiger charge is -2.14. The van der Waals surface area contributed by atoms with Crippen molar-refractivity contribution in [3.63, 3.8) is 0 Å². The van der Waals surface area contributed by atoms with Crippen LogP contribution < -0.4 is 10.5 Å². The van der Waals surface area contributed by atoms with Crippen molar-refractivity contribution in [3.05, 3.63) is 52.3 Å². The Morgan fingerprint density at radius 2 is 1.86 bits per heavy atom. The molecule has 8 nitrogen and oxygen atoms in total. The Morgan fingerprint density at radius 1 is 1.14 bits per heavy atom. The maximum atomic E-state index is 13.8. The Kier molecular flexibility index (Phi) is 3.63. The quantitative estimate of drug-likeness (QED) is 0.490. The summed E-state index contributed by atoms with van der Waals surface area (Å²) >= 11 is 0. The summed E-state index contributed by atoms with van der Waals surface area (Å²) in [6, 6.07) is 6.67. The van der Waals surface area contributed by atoms with Gasteiger partial charge in [0.25, 0.3) is 5.56 Å². The highest BCUT2D eigenvalue weighted by Crippen LogP contribution is 2.33. The van der Waals surface area contributed by atoms with Crippen LogP contribution >= 0.6 is 0 Å². The fourth-order valence-electron chi connectivity index (χ4n) is 3.39. The average Bonchev–Trinajstić information content (AvgIpc) is 3.41. The molecule has 4 aromatic rings. The Bertz CT molecular complexity index is 1360. The minimum absolute atomic E-state index is 0.0231. The van der Waals surface area contributed by atoms with Gasteiger partial charge in [0.15, 0.2) is 11.6 Å². The van der Waals surface area contributed by atoms with Gasteiger partial charge in [0.1, 0.15) is 0 Å². The predicted molar refractivity (Wildman–Crippen MR) is 101 cm³/mol. The number of aromatic nitrogens is 4. The number of benzene rings is 2. The maximum absolute atomic E-state index is 13.8.